The highest BCUT2D eigenvalue weighted by Crippen LogP contribution is 2.24. The molecule has 1 aromatic heterocycles. The fourth-order valence-electron chi connectivity index (χ4n) is 3.15. The Morgan fingerprint density at radius 1 is 1.07 bits per heavy atom. The summed E-state index contributed by atoms with van der Waals surface area (Å²) in [6, 6.07) is 5.16. The van der Waals surface area contributed by atoms with E-state index >= 15 is 0 Å². The molecule has 1 aliphatic rings. The highest BCUT2D eigenvalue weighted by molar-refractivity contribution is 7.89. The molecule has 0 atom stereocenters. The highest BCUT2D eigenvalue weighted by Gasteiger charge is 2.17. The second-order valence-electron chi connectivity index (χ2n) is 7.04. The van der Waals surface area contributed by atoms with Crippen molar-refractivity contribution in [2.75, 3.05) is 46.3 Å². The molecule has 2 heterocycles. The van der Waals surface area contributed by atoms with Gasteiger partial charge in [0.2, 0.25) is 10.0 Å². The Morgan fingerprint density at radius 3 is 2.37 bits per heavy atom. The second kappa shape index (κ2) is 8.43. The van der Waals surface area contributed by atoms with Gasteiger partial charge in [0.15, 0.2) is 0 Å². The van der Waals surface area contributed by atoms with Crippen LogP contribution in [-0.2, 0) is 10.0 Å². The van der Waals surface area contributed by atoms with Crippen LogP contribution in [0.2, 0.25) is 0 Å². The molecule has 0 radical (unpaired) electrons. The molecule has 0 aliphatic carbocycles. The zero-order valence-corrected chi connectivity index (χ0v) is 17.0. The number of hydrogen-bond acceptors (Lipinski definition) is 6. The smallest absolute Gasteiger partial charge is 0.240 e. The number of piperazine rings is 1. The lowest BCUT2D eigenvalue weighted by Gasteiger charge is -2.32. The predicted molar refractivity (Wildman–Crippen MR) is 106 cm³/mol. The first-order chi connectivity index (χ1) is 12.8. The fraction of sp³-hybridized carbons (Fsp3) is 0.474. The Balaban J connectivity index is 1.64. The lowest BCUT2D eigenvalue weighted by atomic mass is 10.0. The van der Waals surface area contributed by atoms with Crippen molar-refractivity contribution in [1.29, 1.82) is 0 Å². The molecular formula is C19H27N5O2S. The molecular weight excluding hydrogens is 362 g/mol. The summed E-state index contributed by atoms with van der Waals surface area (Å²) >= 11 is 0. The van der Waals surface area contributed by atoms with E-state index in [0.717, 1.165) is 49.4 Å². The number of nitrogens with zero attached hydrogens (tertiary/aromatic N) is 4. The number of aromatic nitrogens is 2. The molecule has 8 heteroatoms. The summed E-state index contributed by atoms with van der Waals surface area (Å²) in [4.78, 5) is 13.3. The molecule has 0 unspecified atom stereocenters. The highest BCUT2D eigenvalue weighted by atomic mass is 32.2. The SMILES string of the molecule is Cc1ncc(-c2ccc(S(=O)(=O)NCCN3CCN(C)CC3)cc2C)cn1. The number of nitrogens with one attached hydrogen (secondary N) is 1. The predicted octanol–water partition coefficient (Wildman–Crippen LogP) is 1.29. The van der Waals surface area contributed by atoms with Crippen molar-refractivity contribution in [3.63, 3.8) is 0 Å². The molecule has 1 N–H and O–H groups in total. The summed E-state index contributed by atoms with van der Waals surface area (Å²) in [6.45, 7) is 8.88. The topological polar surface area (TPSA) is 78.4 Å². The van der Waals surface area contributed by atoms with Crippen LogP contribution in [0.1, 0.15) is 11.4 Å². The molecule has 27 heavy (non-hydrogen) atoms. The van der Waals surface area contributed by atoms with E-state index in [-0.39, 0.29) is 4.90 Å². The van der Waals surface area contributed by atoms with Crippen LogP contribution in [0.15, 0.2) is 35.5 Å². The number of hydrogen-bond donors (Lipinski definition) is 1. The Bertz CT molecular complexity index is 875. The molecule has 146 valence electrons. The van der Waals surface area contributed by atoms with Crippen molar-refractivity contribution in [3.8, 4) is 11.1 Å². The monoisotopic (exact) mass is 389 g/mol. The van der Waals surface area contributed by atoms with Crippen molar-refractivity contribution in [1.82, 2.24) is 24.5 Å². The van der Waals surface area contributed by atoms with Crippen LogP contribution in [0.3, 0.4) is 0 Å². The van der Waals surface area contributed by atoms with Crippen molar-refractivity contribution in [2.24, 2.45) is 0 Å². The van der Waals surface area contributed by atoms with Crippen LogP contribution in [0.25, 0.3) is 11.1 Å². The van der Waals surface area contributed by atoms with Crippen LogP contribution in [0.5, 0.6) is 0 Å². The van der Waals surface area contributed by atoms with E-state index in [2.05, 4.69) is 31.5 Å². The molecule has 2 aromatic rings. The summed E-state index contributed by atoms with van der Waals surface area (Å²) < 4.78 is 27.9. The van der Waals surface area contributed by atoms with Gasteiger partial charge < -0.3 is 4.90 Å². The fourth-order valence-corrected chi connectivity index (χ4v) is 4.26. The summed E-state index contributed by atoms with van der Waals surface area (Å²) in [6.07, 6.45) is 3.51. The molecule has 1 aromatic carbocycles. The van der Waals surface area contributed by atoms with Gasteiger partial charge >= 0.3 is 0 Å². The van der Waals surface area contributed by atoms with E-state index in [1.54, 1.807) is 24.5 Å². The lowest BCUT2D eigenvalue weighted by molar-refractivity contribution is 0.156. The Hall–Kier alpha value is -1.87. The Morgan fingerprint density at radius 2 is 1.74 bits per heavy atom. The van der Waals surface area contributed by atoms with E-state index in [0.29, 0.717) is 12.4 Å². The first-order valence-corrected chi connectivity index (χ1v) is 10.6. The Kier molecular flexibility index (Phi) is 6.21. The summed E-state index contributed by atoms with van der Waals surface area (Å²) in [7, 11) is -1.41. The van der Waals surface area contributed by atoms with Gasteiger partial charge in [0, 0.05) is 57.2 Å². The maximum Gasteiger partial charge on any atom is 0.240 e. The van der Waals surface area contributed by atoms with Gasteiger partial charge in [-0.3, -0.25) is 4.90 Å². The van der Waals surface area contributed by atoms with Crippen LogP contribution >= 0.6 is 0 Å². The van der Waals surface area contributed by atoms with E-state index in [1.807, 2.05) is 19.9 Å². The third kappa shape index (κ3) is 5.10. The zero-order chi connectivity index (χ0) is 19.4. The van der Waals surface area contributed by atoms with Crippen molar-refractivity contribution < 1.29 is 8.42 Å². The van der Waals surface area contributed by atoms with Crippen LogP contribution in [-0.4, -0.2) is 74.5 Å². The minimum atomic E-state index is -3.52. The van der Waals surface area contributed by atoms with Gasteiger partial charge in [0.1, 0.15) is 5.82 Å². The minimum absolute atomic E-state index is 0.287. The maximum absolute atomic E-state index is 12.6. The van der Waals surface area contributed by atoms with Crippen molar-refractivity contribution in [3.05, 3.63) is 42.0 Å². The molecule has 0 amide bonds. The quantitative estimate of drug-likeness (QED) is 0.802. The molecule has 1 aliphatic heterocycles. The van der Waals surface area contributed by atoms with Crippen molar-refractivity contribution >= 4 is 10.0 Å². The first-order valence-electron chi connectivity index (χ1n) is 9.15. The van der Waals surface area contributed by atoms with Gasteiger partial charge in [-0.25, -0.2) is 23.1 Å². The lowest BCUT2D eigenvalue weighted by Crippen LogP contribution is -2.46. The van der Waals surface area contributed by atoms with Crippen LogP contribution in [0.4, 0.5) is 0 Å². The number of rotatable bonds is 6. The summed E-state index contributed by atoms with van der Waals surface area (Å²) in [5.74, 6) is 0.708. The maximum atomic E-state index is 12.6. The molecule has 1 fully saturated rings. The van der Waals surface area contributed by atoms with Gasteiger partial charge in [0.25, 0.3) is 0 Å². The average molecular weight is 390 g/mol. The van der Waals surface area contributed by atoms with E-state index in [4.69, 9.17) is 0 Å². The number of benzene rings is 1. The first kappa shape index (κ1) is 19.9. The summed E-state index contributed by atoms with van der Waals surface area (Å²) in [5, 5.41) is 0. The van der Waals surface area contributed by atoms with E-state index in [1.165, 1.54) is 0 Å². The van der Waals surface area contributed by atoms with Gasteiger partial charge in [-0.2, -0.15) is 0 Å². The van der Waals surface area contributed by atoms with E-state index < -0.39 is 10.0 Å². The number of aryl methyl sites for hydroxylation is 2. The molecule has 7 nitrogen and oxygen atoms in total. The van der Waals surface area contributed by atoms with Gasteiger partial charge in [-0.15, -0.1) is 0 Å². The molecule has 0 saturated carbocycles. The third-order valence-corrected chi connectivity index (χ3v) is 6.37. The van der Waals surface area contributed by atoms with Crippen molar-refractivity contribution in [2.45, 2.75) is 18.7 Å². The van der Waals surface area contributed by atoms with Gasteiger partial charge in [-0.05, 0) is 44.2 Å². The van der Waals surface area contributed by atoms with Gasteiger partial charge in [0.05, 0.1) is 4.90 Å². The van der Waals surface area contributed by atoms with Crippen LogP contribution < -0.4 is 4.72 Å². The molecule has 0 bridgehead atoms. The second-order valence-corrected chi connectivity index (χ2v) is 8.81. The standard InChI is InChI=1S/C19H27N5O2S/c1-15-12-18(4-5-19(15)17-13-20-16(2)21-14-17)27(25,26)22-6-7-24-10-8-23(3)9-11-24/h4-5,12-14,22H,6-11H2,1-3H3. The third-order valence-electron chi connectivity index (χ3n) is 4.92. The molecule has 3 rings (SSSR count). The number of likely N-dealkylation sites (N-methyl/N-ethyl adjacent to an activating group) is 1. The average Bonchev–Trinajstić information content (AvgIpc) is 2.64. The molecule has 0 spiro atoms. The normalized spacial score (nSPS) is 16.6. The summed E-state index contributed by atoms with van der Waals surface area (Å²) in [5.41, 5.74) is 2.70. The Labute approximate surface area is 161 Å². The molecule has 1 saturated heterocycles. The number of sulfonamides is 1. The van der Waals surface area contributed by atoms with Gasteiger partial charge in [-0.1, -0.05) is 6.07 Å². The largest absolute Gasteiger partial charge is 0.304 e. The van der Waals surface area contributed by atoms with E-state index in [9.17, 15) is 8.42 Å². The zero-order valence-electron chi connectivity index (χ0n) is 16.1. The minimum Gasteiger partial charge on any atom is -0.304 e. The van der Waals surface area contributed by atoms with Crippen LogP contribution in [0, 0.1) is 13.8 Å².